The lowest BCUT2D eigenvalue weighted by Crippen LogP contribution is -2.49. The third kappa shape index (κ3) is 3.30. The van der Waals surface area contributed by atoms with Gasteiger partial charge in [-0.1, -0.05) is 0 Å². The number of carbonyl (C=O) groups is 1. The molecule has 6 nitrogen and oxygen atoms in total. The van der Waals surface area contributed by atoms with Gasteiger partial charge in [-0.15, -0.1) is 0 Å². The number of carbonyl (C=O) groups excluding carboxylic acids is 1. The van der Waals surface area contributed by atoms with E-state index in [-0.39, 0.29) is 11.9 Å². The number of aryl methyl sites for hydroxylation is 1. The Bertz CT molecular complexity index is 399. The SMILES string of the molecule is CC(C(=O)NCc1cnn(C)c1)N1CCOCC1. The number of ether oxygens (including phenoxy) is 1. The molecule has 1 N–H and O–H groups in total. The second-order valence-electron chi connectivity index (χ2n) is 4.56. The second kappa shape index (κ2) is 5.97. The van der Waals surface area contributed by atoms with Gasteiger partial charge in [0.05, 0.1) is 25.5 Å². The highest BCUT2D eigenvalue weighted by Gasteiger charge is 2.22. The quantitative estimate of drug-likeness (QED) is 0.803. The second-order valence-corrected chi connectivity index (χ2v) is 4.56. The van der Waals surface area contributed by atoms with Gasteiger partial charge in [-0.2, -0.15) is 5.10 Å². The van der Waals surface area contributed by atoms with Crippen LogP contribution in [0.1, 0.15) is 12.5 Å². The lowest BCUT2D eigenvalue weighted by Gasteiger charge is -2.31. The zero-order valence-electron chi connectivity index (χ0n) is 10.9. The van der Waals surface area contributed by atoms with Crippen LogP contribution in [-0.2, 0) is 23.1 Å². The van der Waals surface area contributed by atoms with Gasteiger partial charge in [0, 0.05) is 38.4 Å². The van der Waals surface area contributed by atoms with E-state index in [0.29, 0.717) is 19.8 Å². The van der Waals surface area contributed by atoms with Crippen LogP contribution in [0.15, 0.2) is 12.4 Å². The molecule has 0 aromatic carbocycles. The summed E-state index contributed by atoms with van der Waals surface area (Å²) in [6.07, 6.45) is 3.67. The molecule has 1 aromatic rings. The molecule has 0 aliphatic carbocycles. The van der Waals surface area contributed by atoms with Crippen molar-refractivity contribution >= 4 is 5.91 Å². The molecule has 1 aliphatic heterocycles. The normalized spacial score (nSPS) is 18.6. The summed E-state index contributed by atoms with van der Waals surface area (Å²) in [6.45, 7) is 5.52. The van der Waals surface area contributed by atoms with E-state index in [4.69, 9.17) is 4.74 Å². The number of amides is 1. The maximum Gasteiger partial charge on any atom is 0.237 e. The van der Waals surface area contributed by atoms with Crippen molar-refractivity contribution < 1.29 is 9.53 Å². The Labute approximate surface area is 107 Å². The Morgan fingerprint density at radius 2 is 2.28 bits per heavy atom. The van der Waals surface area contributed by atoms with Crippen molar-refractivity contribution in [1.29, 1.82) is 0 Å². The van der Waals surface area contributed by atoms with Crippen molar-refractivity contribution in [2.75, 3.05) is 26.3 Å². The summed E-state index contributed by atoms with van der Waals surface area (Å²) in [5.74, 6) is 0.0563. The highest BCUT2D eigenvalue weighted by atomic mass is 16.5. The predicted octanol–water partition coefficient (Wildman–Crippen LogP) is -0.243. The largest absolute Gasteiger partial charge is 0.379 e. The molecular weight excluding hydrogens is 232 g/mol. The first-order chi connectivity index (χ1) is 8.66. The molecule has 1 fully saturated rings. The number of morpholine rings is 1. The van der Waals surface area contributed by atoms with Gasteiger partial charge in [0.1, 0.15) is 0 Å². The molecule has 0 saturated carbocycles. The summed E-state index contributed by atoms with van der Waals surface area (Å²) in [4.78, 5) is 14.1. The van der Waals surface area contributed by atoms with Gasteiger partial charge in [0.15, 0.2) is 0 Å². The van der Waals surface area contributed by atoms with Gasteiger partial charge in [-0.05, 0) is 6.92 Å². The average Bonchev–Trinajstić information content (AvgIpc) is 2.82. The molecular formula is C12H20N4O2. The van der Waals surface area contributed by atoms with Gasteiger partial charge in [-0.25, -0.2) is 0 Å². The highest BCUT2D eigenvalue weighted by molar-refractivity contribution is 5.81. The molecule has 1 atom stereocenters. The van der Waals surface area contributed by atoms with Crippen molar-refractivity contribution in [3.63, 3.8) is 0 Å². The van der Waals surface area contributed by atoms with Crippen LogP contribution in [0.4, 0.5) is 0 Å². The summed E-state index contributed by atoms with van der Waals surface area (Å²) >= 11 is 0. The van der Waals surface area contributed by atoms with E-state index in [9.17, 15) is 4.79 Å². The zero-order valence-corrected chi connectivity index (χ0v) is 10.9. The summed E-state index contributed by atoms with van der Waals surface area (Å²) in [6, 6.07) is -0.106. The Morgan fingerprint density at radius 1 is 1.56 bits per heavy atom. The van der Waals surface area contributed by atoms with E-state index < -0.39 is 0 Å². The highest BCUT2D eigenvalue weighted by Crippen LogP contribution is 2.04. The fourth-order valence-electron chi connectivity index (χ4n) is 2.03. The molecule has 1 saturated heterocycles. The van der Waals surface area contributed by atoms with E-state index in [1.165, 1.54) is 0 Å². The third-order valence-electron chi connectivity index (χ3n) is 3.20. The van der Waals surface area contributed by atoms with Crippen molar-refractivity contribution in [3.05, 3.63) is 18.0 Å². The molecule has 100 valence electrons. The molecule has 1 amide bonds. The third-order valence-corrected chi connectivity index (χ3v) is 3.20. The Kier molecular flexibility index (Phi) is 4.33. The number of hydrogen-bond acceptors (Lipinski definition) is 4. The molecule has 6 heteroatoms. The first-order valence-electron chi connectivity index (χ1n) is 6.24. The minimum atomic E-state index is -0.106. The van der Waals surface area contributed by atoms with E-state index in [0.717, 1.165) is 18.7 Å². The number of hydrogen-bond donors (Lipinski definition) is 1. The van der Waals surface area contributed by atoms with Gasteiger partial charge in [0.2, 0.25) is 5.91 Å². The van der Waals surface area contributed by atoms with E-state index >= 15 is 0 Å². The summed E-state index contributed by atoms with van der Waals surface area (Å²) in [7, 11) is 1.86. The predicted molar refractivity (Wildman–Crippen MR) is 66.9 cm³/mol. The maximum absolute atomic E-state index is 12.0. The Morgan fingerprint density at radius 3 is 2.89 bits per heavy atom. The number of nitrogens with one attached hydrogen (secondary N) is 1. The van der Waals surface area contributed by atoms with Crippen LogP contribution in [0.2, 0.25) is 0 Å². The van der Waals surface area contributed by atoms with Crippen molar-refractivity contribution in [2.45, 2.75) is 19.5 Å². The molecule has 1 aromatic heterocycles. The molecule has 1 aliphatic rings. The van der Waals surface area contributed by atoms with Crippen molar-refractivity contribution in [2.24, 2.45) is 7.05 Å². The lowest BCUT2D eigenvalue weighted by molar-refractivity contribution is -0.127. The maximum atomic E-state index is 12.0. The van der Waals surface area contributed by atoms with Crippen LogP contribution in [0, 0.1) is 0 Å². The van der Waals surface area contributed by atoms with Crippen LogP contribution in [0.25, 0.3) is 0 Å². The van der Waals surface area contributed by atoms with Crippen LogP contribution >= 0.6 is 0 Å². The van der Waals surface area contributed by atoms with E-state index in [1.807, 2.05) is 20.2 Å². The summed E-state index contributed by atoms with van der Waals surface area (Å²) in [5.41, 5.74) is 1.01. The van der Waals surface area contributed by atoms with Crippen LogP contribution < -0.4 is 5.32 Å². The Hall–Kier alpha value is -1.40. The minimum Gasteiger partial charge on any atom is -0.379 e. The average molecular weight is 252 g/mol. The van der Waals surface area contributed by atoms with E-state index in [1.54, 1.807) is 10.9 Å². The summed E-state index contributed by atoms with van der Waals surface area (Å²) < 4.78 is 7.01. The standard InChI is InChI=1S/C12H20N4O2/c1-10(16-3-5-18-6-4-16)12(17)13-7-11-8-14-15(2)9-11/h8-10H,3-7H2,1-2H3,(H,13,17). The molecule has 2 heterocycles. The zero-order chi connectivity index (χ0) is 13.0. The Balaban J connectivity index is 1.79. The fourth-order valence-corrected chi connectivity index (χ4v) is 2.03. The molecule has 0 spiro atoms. The molecule has 18 heavy (non-hydrogen) atoms. The topological polar surface area (TPSA) is 59.4 Å². The van der Waals surface area contributed by atoms with Gasteiger partial charge >= 0.3 is 0 Å². The number of rotatable bonds is 4. The van der Waals surface area contributed by atoms with Crippen molar-refractivity contribution in [1.82, 2.24) is 20.0 Å². The lowest BCUT2D eigenvalue weighted by atomic mass is 10.2. The van der Waals surface area contributed by atoms with Crippen LogP contribution in [0.3, 0.4) is 0 Å². The van der Waals surface area contributed by atoms with Crippen LogP contribution in [-0.4, -0.2) is 52.9 Å². The van der Waals surface area contributed by atoms with Gasteiger partial charge < -0.3 is 10.1 Å². The van der Waals surface area contributed by atoms with Crippen LogP contribution in [0.5, 0.6) is 0 Å². The van der Waals surface area contributed by atoms with Gasteiger partial charge in [-0.3, -0.25) is 14.4 Å². The number of aromatic nitrogens is 2. The molecule has 1 unspecified atom stereocenters. The van der Waals surface area contributed by atoms with Gasteiger partial charge in [0.25, 0.3) is 0 Å². The first kappa shape index (κ1) is 13.0. The smallest absolute Gasteiger partial charge is 0.237 e. The molecule has 0 radical (unpaired) electrons. The first-order valence-corrected chi connectivity index (χ1v) is 6.24. The van der Waals surface area contributed by atoms with E-state index in [2.05, 4.69) is 15.3 Å². The number of nitrogens with zero attached hydrogens (tertiary/aromatic N) is 3. The molecule has 0 bridgehead atoms. The fraction of sp³-hybridized carbons (Fsp3) is 0.667. The summed E-state index contributed by atoms with van der Waals surface area (Å²) in [5, 5.41) is 7.00. The monoisotopic (exact) mass is 252 g/mol. The molecule has 2 rings (SSSR count). The van der Waals surface area contributed by atoms with Crippen molar-refractivity contribution in [3.8, 4) is 0 Å². The minimum absolute atomic E-state index is 0.0563.